The third-order valence-electron chi connectivity index (χ3n) is 7.38. The van der Waals surface area contributed by atoms with Crippen molar-refractivity contribution in [3.05, 3.63) is 11.1 Å². The Labute approximate surface area is 237 Å². The molecular formula is C34H64O4. The number of hydrogen-bond donors (Lipinski definition) is 0. The van der Waals surface area contributed by atoms with Gasteiger partial charge in [0.05, 0.1) is 13.2 Å². The Hall–Kier alpha value is -1.32. The summed E-state index contributed by atoms with van der Waals surface area (Å²) in [7, 11) is 0. The summed E-state index contributed by atoms with van der Waals surface area (Å²) in [6, 6.07) is 0. The van der Waals surface area contributed by atoms with Gasteiger partial charge in [-0.05, 0) is 38.5 Å². The van der Waals surface area contributed by atoms with Crippen molar-refractivity contribution in [3.8, 4) is 0 Å². The van der Waals surface area contributed by atoms with Crippen LogP contribution in [0.4, 0.5) is 0 Å². The Kier molecular flexibility index (Phi) is 27.7. The largest absolute Gasteiger partial charge is 0.462 e. The average molecular weight is 537 g/mol. The number of ether oxygens (including phenoxy) is 2. The lowest BCUT2D eigenvalue weighted by Crippen LogP contribution is -2.18. The number of carbonyl (C=O) groups excluding carboxylic acids is 2. The summed E-state index contributed by atoms with van der Waals surface area (Å²) in [5, 5.41) is 0. The van der Waals surface area contributed by atoms with Gasteiger partial charge in [0.1, 0.15) is 0 Å². The van der Waals surface area contributed by atoms with Crippen molar-refractivity contribution >= 4 is 11.9 Å². The van der Waals surface area contributed by atoms with Gasteiger partial charge in [0.25, 0.3) is 0 Å². The minimum absolute atomic E-state index is 0.288. The summed E-state index contributed by atoms with van der Waals surface area (Å²) < 4.78 is 11.4. The number of unbranched alkanes of at least 4 members (excludes halogenated alkanes) is 18. The molecule has 0 aromatic carbocycles. The molecule has 4 heteroatoms. The van der Waals surface area contributed by atoms with Crippen LogP contribution in [0.5, 0.6) is 0 Å². The van der Waals surface area contributed by atoms with Crippen molar-refractivity contribution in [1.29, 1.82) is 0 Å². The van der Waals surface area contributed by atoms with Gasteiger partial charge in [-0.15, -0.1) is 0 Å². The second kappa shape index (κ2) is 28.7. The van der Waals surface area contributed by atoms with E-state index in [9.17, 15) is 9.59 Å². The maximum absolute atomic E-state index is 13.2. The summed E-state index contributed by atoms with van der Waals surface area (Å²) >= 11 is 0. The quantitative estimate of drug-likeness (QED) is 0.0567. The summed E-state index contributed by atoms with van der Waals surface area (Å²) in [4.78, 5) is 26.4. The fourth-order valence-electron chi connectivity index (χ4n) is 4.81. The number of esters is 2. The summed E-state index contributed by atoms with van der Waals surface area (Å²) in [5.41, 5.74) is 1.16. The topological polar surface area (TPSA) is 52.6 Å². The van der Waals surface area contributed by atoms with Gasteiger partial charge in [0.15, 0.2) is 0 Å². The van der Waals surface area contributed by atoms with Crippen LogP contribution in [0.25, 0.3) is 0 Å². The summed E-state index contributed by atoms with van der Waals surface area (Å²) in [6.45, 7) is 9.69. The van der Waals surface area contributed by atoms with E-state index in [2.05, 4.69) is 27.7 Å². The molecular weight excluding hydrogens is 472 g/mol. The minimum Gasteiger partial charge on any atom is -0.462 e. The Morgan fingerprint density at radius 2 is 0.658 bits per heavy atom. The van der Waals surface area contributed by atoms with E-state index < -0.39 is 0 Å². The summed E-state index contributed by atoms with van der Waals surface area (Å²) in [6.07, 6.45) is 26.6. The molecule has 0 aliphatic carbocycles. The molecule has 0 saturated carbocycles. The number of rotatable bonds is 28. The zero-order valence-corrected chi connectivity index (χ0v) is 26.0. The van der Waals surface area contributed by atoms with Crippen LogP contribution in [0.2, 0.25) is 0 Å². The third kappa shape index (κ3) is 21.6. The molecule has 0 radical (unpaired) electrons. The van der Waals surface area contributed by atoms with Crippen LogP contribution in [0, 0.1) is 0 Å². The van der Waals surface area contributed by atoms with E-state index in [1.54, 1.807) is 0 Å². The first kappa shape index (κ1) is 36.7. The van der Waals surface area contributed by atoms with Crippen LogP contribution in [-0.4, -0.2) is 25.2 Å². The lowest BCUT2D eigenvalue weighted by molar-refractivity contribution is -0.142. The first-order chi connectivity index (χ1) is 18.6. The molecule has 38 heavy (non-hydrogen) atoms. The highest BCUT2D eigenvalue weighted by Crippen LogP contribution is 2.23. The highest BCUT2D eigenvalue weighted by molar-refractivity contribution is 6.00. The van der Waals surface area contributed by atoms with E-state index in [0.29, 0.717) is 37.2 Å². The molecule has 0 aromatic heterocycles. The number of hydrogen-bond acceptors (Lipinski definition) is 4. The van der Waals surface area contributed by atoms with Crippen LogP contribution in [0.3, 0.4) is 0 Å². The van der Waals surface area contributed by atoms with E-state index in [-0.39, 0.29) is 11.9 Å². The molecule has 4 nitrogen and oxygen atoms in total. The van der Waals surface area contributed by atoms with Crippen LogP contribution in [0.15, 0.2) is 11.1 Å². The number of carbonyl (C=O) groups is 2. The molecule has 0 bridgehead atoms. The van der Waals surface area contributed by atoms with Crippen LogP contribution < -0.4 is 0 Å². The molecule has 0 heterocycles. The Balaban J connectivity index is 5.05. The van der Waals surface area contributed by atoms with Crippen molar-refractivity contribution in [2.45, 2.75) is 182 Å². The second-order valence-corrected chi connectivity index (χ2v) is 11.1. The third-order valence-corrected chi connectivity index (χ3v) is 7.38. The van der Waals surface area contributed by atoms with Gasteiger partial charge in [-0.2, -0.15) is 0 Å². The first-order valence-corrected chi connectivity index (χ1v) is 16.7. The standard InChI is InChI=1S/C34H64O4/c1-5-9-13-16-19-20-21-24-28-32(34(36)38-30-26-23-18-15-11-7-3)31(27-12-8-4)33(35)37-29-25-22-17-14-10-6-2/h5-30H2,1-4H3/b32-31-. The van der Waals surface area contributed by atoms with E-state index >= 15 is 0 Å². The van der Waals surface area contributed by atoms with Gasteiger partial charge >= 0.3 is 11.9 Å². The van der Waals surface area contributed by atoms with Gasteiger partial charge in [0.2, 0.25) is 0 Å². The molecule has 0 N–H and O–H groups in total. The molecule has 0 atom stereocenters. The highest BCUT2D eigenvalue weighted by Gasteiger charge is 2.23. The smallest absolute Gasteiger partial charge is 0.334 e. The van der Waals surface area contributed by atoms with Crippen molar-refractivity contribution in [3.63, 3.8) is 0 Å². The minimum atomic E-state index is -0.293. The van der Waals surface area contributed by atoms with E-state index in [1.165, 1.54) is 89.9 Å². The van der Waals surface area contributed by atoms with E-state index in [1.807, 2.05) is 0 Å². The van der Waals surface area contributed by atoms with Gasteiger partial charge in [0, 0.05) is 11.1 Å². The lowest BCUT2D eigenvalue weighted by atomic mass is 9.97. The van der Waals surface area contributed by atoms with Crippen LogP contribution in [0.1, 0.15) is 182 Å². The molecule has 0 unspecified atom stereocenters. The van der Waals surface area contributed by atoms with Crippen LogP contribution >= 0.6 is 0 Å². The molecule has 0 spiro atoms. The van der Waals surface area contributed by atoms with Crippen molar-refractivity contribution < 1.29 is 19.1 Å². The van der Waals surface area contributed by atoms with Crippen molar-refractivity contribution in [1.82, 2.24) is 0 Å². The van der Waals surface area contributed by atoms with Gasteiger partial charge in [-0.3, -0.25) is 0 Å². The zero-order chi connectivity index (χ0) is 28.1. The van der Waals surface area contributed by atoms with Crippen molar-refractivity contribution in [2.75, 3.05) is 13.2 Å². The first-order valence-electron chi connectivity index (χ1n) is 16.7. The monoisotopic (exact) mass is 536 g/mol. The molecule has 0 fully saturated rings. The van der Waals surface area contributed by atoms with E-state index in [4.69, 9.17) is 9.47 Å². The molecule has 0 aliphatic rings. The Morgan fingerprint density at radius 3 is 1.03 bits per heavy atom. The molecule has 0 saturated heterocycles. The fraction of sp³-hybridized carbons (Fsp3) is 0.882. The fourth-order valence-corrected chi connectivity index (χ4v) is 4.81. The maximum atomic E-state index is 13.2. The maximum Gasteiger partial charge on any atom is 0.334 e. The molecule has 0 rings (SSSR count). The molecule has 0 aliphatic heterocycles. The second-order valence-electron chi connectivity index (χ2n) is 11.1. The Bertz CT molecular complexity index is 581. The van der Waals surface area contributed by atoms with Gasteiger partial charge in [-0.1, -0.05) is 143 Å². The Morgan fingerprint density at radius 1 is 0.368 bits per heavy atom. The highest BCUT2D eigenvalue weighted by atomic mass is 16.5. The average Bonchev–Trinajstić information content (AvgIpc) is 2.92. The van der Waals surface area contributed by atoms with Gasteiger partial charge < -0.3 is 9.47 Å². The normalized spacial score (nSPS) is 11.9. The van der Waals surface area contributed by atoms with Gasteiger partial charge in [-0.25, -0.2) is 9.59 Å². The summed E-state index contributed by atoms with van der Waals surface area (Å²) in [5.74, 6) is -0.581. The molecule has 224 valence electrons. The predicted molar refractivity (Wildman–Crippen MR) is 162 cm³/mol. The lowest BCUT2D eigenvalue weighted by Gasteiger charge is -2.15. The SMILES string of the molecule is CCCCCCCCCC/C(C(=O)OCCCCCCCC)=C(\CCCC)C(=O)OCCCCCCCC. The van der Waals surface area contributed by atoms with Crippen LogP contribution in [-0.2, 0) is 19.1 Å². The molecule has 0 aromatic rings. The van der Waals surface area contributed by atoms with E-state index in [0.717, 1.165) is 51.4 Å². The zero-order valence-electron chi connectivity index (χ0n) is 26.0. The predicted octanol–water partition coefficient (Wildman–Crippen LogP) is 10.8. The molecule has 0 amide bonds. The van der Waals surface area contributed by atoms with Crippen molar-refractivity contribution in [2.24, 2.45) is 0 Å².